The lowest BCUT2D eigenvalue weighted by atomic mass is 10.9. The molecular weight excluding hydrogens is 123 g/mol. The quantitative estimate of drug-likeness (QED) is 0.529. The Bertz CT molecular complexity index is 106. The second-order valence-electron chi connectivity index (χ2n) is 1.60. The van der Waals surface area contributed by atoms with Crippen LogP contribution in [0.15, 0.2) is 0 Å². The van der Waals surface area contributed by atoms with Crippen molar-refractivity contribution in [2.45, 2.75) is 13.8 Å². The minimum absolute atomic E-state index is 0.00694. The van der Waals surface area contributed by atoms with Crippen LogP contribution in [0.5, 0.6) is 0 Å². The number of carbonyl (C=O) groups is 2. The first kappa shape index (κ1) is 7.77. The third-order valence-electron chi connectivity index (χ3n) is 0.945. The predicted molar refractivity (Wildman–Crippen MR) is 34.2 cm³/mol. The summed E-state index contributed by atoms with van der Waals surface area (Å²) in [6.07, 6.45) is 0. The van der Waals surface area contributed by atoms with Gasteiger partial charge in [-0.15, -0.1) is 0 Å². The fourth-order valence-electron chi connectivity index (χ4n) is 0.222. The van der Waals surface area contributed by atoms with E-state index < -0.39 is 7.92 Å². The molecule has 0 saturated heterocycles. The molecule has 0 aliphatic rings. The summed E-state index contributed by atoms with van der Waals surface area (Å²) in [6.45, 7) is 4.58. The molecule has 0 unspecified atom stereocenters. The smallest absolute Gasteiger partial charge is 0.158 e. The SMILES string of the molecule is CC(=O)P(C)C(C)=O. The molecule has 8 heavy (non-hydrogen) atoms. The highest BCUT2D eigenvalue weighted by Crippen LogP contribution is 2.31. The van der Waals surface area contributed by atoms with Gasteiger partial charge in [0.1, 0.15) is 0 Å². The van der Waals surface area contributed by atoms with E-state index in [-0.39, 0.29) is 11.0 Å². The van der Waals surface area contributed by atoms with E-state index in [1.165, 1.54) is 13.8 Å². The van der Waals surface area contributed by atoms with Crippen molar-refractivity contribution in [3.05, 3.63) is 0 Å². The minimum atomic E-state index is -0.976. The second kappa shape index (κ2) is 2.93. The van der Waals surface area contributed by atoms with Crippen molar-refractivity contribution in [3.63, 3.8) is 0 Å². The van der Waals surface area contributed by atoms with Gasteiger partial charge >= 0.3 is 0 Å². The van der Waals surface area contributed by atoms with E-state index in [2.05, 4.69) is 0 Å². The van der Waals surface area contributed by atoms with E-state index in [1.54, 1.807) is 6.66 Å². The maximum absolute atomic E-state index is 10.4. The van der Waals surface area contributed by atoms with Gasteiger partial charge in [0.15, 0.2) is 11.0 Å². The summed E-state index contributed by atoms with van der Waals surface area (Å²) in [6, 6.07) is 0. The molecule has 0 rings (SSSR count). The number of carbonyl (C=O) groups excluding carboxylic acids is 2. The standard InChI is InChI=1S/C5H9O2P/c1-4(6)8(3)5(2)7/h1-3H3. The highest BCUT2D eigenvalue weighted by Gasteiger charge is 2.10. The molecular formula is C5H9O2P. The predicted octanol–water partition coefficient (Wildman–Crippen LogP) is 1.19. The minimum Gasteiger partial charge on any atom is -0.294 e. The van der Waals surface area contributed by atoms with E-state index in [1.807, 2.05) is 0 Å². The van der Waals surface area contributed by atoms with Crippen molar-refractivity contribution in [3.8, 4) is 0 Å². The molecule has 3 heteroatoms. The molecule has 0 aliphatic carbocycles. The Kier molecular flexibility index (Phi) is 2.85. The van der Waals surface area contributed by atoms with E-state index in [4.69, 9.17) is 0 Å². The van der Waals surface area contributed by atoms with E-state index in [0.717, 1.165) is 0 Å². The summed E-state index contributed by atoms with van der Waals surface area (Å²) in [5, 5.41) is 0. The molecule has 2 nitrogen and oxygen atoms in total. The van der Waals surface area contributed by atoms with E-state index in [9.17, 15) is 9.59 Å². The molecule has 0 saturated carbocycles. The van der Waals surface area contributed by atoms with Crippen molar-refractivity contribution in [1.29, 1.82) is 0 Å². The topological polar surface area (TPSA) is 34.1 Å². The maximum atomic E-state index is 10.4. The van der Waals surface area contributed by atoms with Gasteiger partial charge in [0.05, 0.1) is 0 Å². The molecule has 0 amide bonds. The Balaban J connectivity index is 3.83. The lowest BCUT2D eigenvalue weighted by Crippen LogP contribution is -1.94. The third kappa shape index (κ3) is 2.17. The monoisotopic (exact) mass is 132 g/mol. The van der Waals surface area contributed by atoms with Crippen molar-refractivity contribution >= 4 is 19.0 Å². The lowest BCUT2D eigenvalue weighted by Gasteiger charge is -1.98. The van der Waals surface area contributed by atoms with Crippen LogP contribution in [0.3, 0.4) is 0 Å². The van der Waals surface area contributed by atoms with Crippen LogP contribution < -0.4 is 0 Å². The highest BCUT2D eigenvalue weighted by atomic mass is 31.1. The lowest BCUT2D eigenvalue weighted by molar-refractivity contribution is -0.112. The van der Waals surface area contributed by atoms with Crippen molar-refractivity contribution in [2.24, 2.45) is 0 Å². The fraction of sp³-hybridized carbons (Fsp3) is 0.600. The van der Waals surface area contributed by atoms with Crippen LogP contribution in [0.1, 0.15) is 13.8 Å². The van der Waals surface area contributed by atoms with Crippen LogP contribution in [-0.2, 0) is 9.59 Å². The molecule has 0 heterocycles. The summed E-state index contributed by atoms with van der Waals surface area (Å²) in [5.41, 5.74) is 0.0139. The second-order valence-corrected chi connectivity index (χ2v) is 3.97. The first-order valence-electron chi connectivity index (χ1n) is 2.30. The van der Waals surface area contributed by atoms with Crippen molar-refractivity contribution in [2.75, 3.05) is 6.66 Å². The Hall–Kier alpha value is -0.230. The molecule has 46 valence electrons. The zero-order valence-corrected chi connectivity index (χ0v) is 6.16. The van der Waals surface area contributed by atoms with Gasteiger partial charge in [-0.3, -0.25) is 9.59 Å². The van der Waals surface area contributed by atoms with Gasteiger partial charge in [-0.25, -0.2) is 0 Å². The Labute approximate surface area is 50.0 Å². The summed E-state index contributed by atoms with van der Waals surface area (Å²) < 4.78 is 0. The molecule has 0 fully saturated rings. The normalized spacial score (nSPS) is 9.50. The largest absolute Gasteiger partial charge is 0.294 e. The number of hydrogen-bond donors (Lipinski definition) is 0. The summed E-state index contributed by atoms with van der Waals surface area (Å²) in [7, 11) is -0.976. The van der Waals surface area contributed by atoms with Gasteiger partial charge in [0, 0.05) is 7.92 Å². The molecule has 0 aliphatic heterocycles. The first-order chi connectivity index (χ1) is 3.55. The van der Waals surface area contributed by atoms with Gasteiger partial charge in [0.25, 0.3) is 0 Å². The molecule has 0 atom stereocenters. The zero-order chi connectivity index (χ0) is 6.73. The fourth-order valence-corrected chi connectivity index (χ4v) is 0.665. The van der Waals surface area contributed by atoms with Gasteiger partial charge in [0.2, 0.25) is 0 Å². The van der Waals surface area contributed by atoms with Crippen molar-refractivity contribution < 1.29 is 9.59 Å². The molecule has 0 bridgehead atoms. The summed E-state index contributed by atoms with van der Waals surface area (Å²) in [4.78, 5) is 20.8. The van der Waals surface area contributed by atoms with Gasteiger partial charge < -0.3 is 0 Å². The van der Waals surface area contributed by atoms with Crippen LogP contribution in [0.4, 0.5) is 0 Å². The molecule has 0 radical (unpaired) electrons. The van der Waals surface area contributed by atoms with Gasteiger partial charge in [-0.05, 0) is 20.5 Å². The van der Waals surface area contributed by atoms with Crippen LogP contribution >= 0.6 is 7.92 Å². The number of rotatable bonds is 2. The maximum Gasteiger partial charge on any atom is 0.158 e. The highest BCUT2D eigenvalue weighted by molar-refractivity contribution is 7.88. The Morgan fingerprint density at radius 1 is 1.12 bits per heavy atom. The van der Waals surface area contributed by atoms with Crippen LogP contribution in [0.2, 0.25) is 0 Å². The summed E-state index contributed by atoms with van der Waals surface area (Å²) in [5.74, 6) is 0. The van der Waals surface area contributed by atoms with Crippen molar-refractivity contribution in [1.82, 2.24) is 0 Å². The molecule has 0 N–H and O–H groups in total. The van der Waals surface area contributed by atoms with Gasteiger partial charge in [-0.1, -0.05) is 0 Å². The van der Waals surface area contributed by atoms with Crippen LogP contribution in [0, 0.1) is 0 Å². The molecule has 0 aromatic carbocycles. The Morgan fingerprint density at radius 3 is 1.38 bits per heavy atom. The number of hydrogen-bond acceptors (Lipinski definition) is 2. The molecule has 0 spiro atoms. The summed E-state index contributed by atoms with van der Waals surface area (Å²) >= 11 is 0. The van der Waals surface area contributed by atoms with E-state index >= 15 is 0 Å². The first-order valence-corrected chi connectivity index (χ1v) is 4.09. The zero-order valence-electron chi connectivity index (χ0n) is 5.26. The van der Waals surface area contributed by atoms with Crippen LogP contribution in [-0.4, -0.2) is 17.7 Å². The van der Waals surface area contributed by atoms with E-state index in [0.29, 0.717) is 0 Å². The molecule has 0 aromatic heterocycles. The van der Waals surface area contributed by atoms with Gasteiger partial charge in [-0.2, -0.15) is 0 Å². The Morgan fingerprint density at radius 2 is 1.38 bits per heavy atom. The average molecular weight is 132 g/mol. The molecule has 0 aromatic rings. The third-order valence-corrected chi connectivity index (χ3v) is 2.83. The van der Waals surface area contributed by atoms with Crippen LogP contribution in [0.25, 0.3) is 0 Å². The average Bonchev–Trinajstić information content (AvgIpc) is 1.64.